The number of hydrogen-bond acceptors (Lipinski definition) is 6. The molecule has 6 nitrogen and oxygen atoms in total. The Morgan fingerprint density at radius 1 is 1.06 bits per heavy atom. The summed E-state index contributed by atoms with van der Waals surface area (Å²) in [7, 11) is 0. The number of carbonyl (C=O) groups excluding carboxylic acids is 2. The van der Waals surface area contributed by atoms with Crippen molar-refractivity contribution in [2.75, 3.05) is 0 Å². The summed E-state index contributed by atoms with van der Waals surface area (Å²) in [5, 5.41) is 20.0. The number of esters is 2. The first-order chi connectivity index (χ1) is 16.6. The maximum Gasteiger partial charge on any atom is 0.491 e. The second kappa shape index (κ2) is 11.1. The highest BCUT2D eigenvalue weighted by Crippen LogP contribution is 2.39. The van der Waals surface area contributed by atoms with Crippen molar-refractivity contribution in [1.82, 2.24) is 0 Å². The highest BCUT2D eigenvalue weighted by atomic mass is 35.5. The lowest BCUT2D eigenvalue weighted by Crippen LogP contribution is -2.24. The van der Waals surface area contributed by atoms with Gasteiger partial charge in [0.25, 0.3) is 0 Å². The van der Waals surface area contributed by atoms with Crippen LogP contribution < -0.4 is 0 Å². The molecule has 0 saturated carbocycles. The van der Waals surface area contributed by atoms with E-state index in [2.05, 4.69) is 4.74 Å². The van der Waals surface area contributed by atoms with Crippen LogP contribution in [0.2, 0.25) is 5.02 Å². The Kier molecular flexibility index (Phi) is 8.24. The lowest BCUT2D eigenvalue weighted by Gasteiger charge is -2.19. The fourth-order valence-electron chi connectivity index (χ4n) is 3.26. The smallest absolute Gasteiger partial charge is 0.491 e. The third kappa shape index (κ3) is 6.66. The average Bonchev–Trinajstić information content (AvgIpc) is 2.80. The molecule has 2 aromatic carbocycles. The van der Waals surface area contributed by atoms with Crippen molar-refractivity contribution in [1.29, 1.82) is 0 Å². The van der Waals surface area contributed by atoms with E-state index in [4.69, 9.17) is 16.3 Å². The van der Waals surface area contributed by atoms with E-state index in [1.165, 1.54) is 6.08 Å². The second-order valence-electron chi connectivity index (χ2n) is 7.44. The van der Waals surface area contributed by atoms with Crippen LogP contribution in [-0.2, 0) is 14.3 Å². The van der Waals surface area contributed by atoms with E-state index in [0.717, 1.165) is 18.2 Å². The molecule has 184 valence electrons. The number of hydrogen-bond donors (Lipinski definition) is 2. The number of cyclic esters (lactones) is 1. The molecule has 0 spiro atoms. The van der Waals surface area contributed by atoms with Crippen LogP contribution in [0.15, 0.2) is 66.5 Å². The van der Waals surface area contributed by atoms with Gasteiger partial charge in [-0.1, -0.05) is 60.2 Å². The number of aromatic hydroxyl groups is 2. The number of phenolic OH excluding ortho intramolecular Hbond substituents is 2. The van der Waals surface area contributed by atoms with E-state index < -0.39 is 52.1 Å². The highest BCUT2D eigenvalue weighted by molar-refractivity contribution is 6.34. The number of fused-ring (bicyclic) bond motifs is 1. The zero-order valence-electron chi connectivity index (χ0n) is 18.1. The van der Waals surface area contributed by atoms with Crippen molar-refractivity contribution in [2.24, 2.45) is 0 Å². The molecule has 0 bridgehead atoms. The first-order valence-corrected chi connectivity index (χ1v) is 10.8. The van der Waals surface area contributed by atoms with Gasteiger partial charge in [0.15, 0.2) is 0 Å². The van der Waals surface area contributed by atoms with E-state index >= 15 is 0 Å². The largest absolute Gasteiger partial charge is 0.507 e. The molecule has 0 fully saturated rings. The summed E-state index contributed by atoms with van der Waals surface area (Å²) < 4.78 is 48.5. The summed E-state index contributed by atoms with van der Waals surface area (Å²) in [5.74, 6) is -5.55. The number of phenols is 2. The molecule has 1 unspecified atom stereocenters. The van der Waals surface area contributed by atoms with Gasteiger partial charge in [-0.2, -0.15) is 13.2 Å². The number of halogens is 4. The van der Waals surface area contributed by atoms with Gasteiger partial charge in [0.05, 0.1) is 5.02 Å². The van der Waals surface area contributed by atoms with E-state index in [9.17, 15) is 33.0 Å². The zero-order chi connectivity index (χ0) is 25.6. The molecule has 10 heteroatoms. The van der Waals surface area contributed by atoms with Gasteiger partial charge < -0.3 is 19.7 Å². The van der Waals surface area contributed by atoms with Crippen molar-refractivity contribution in [2.45, 2.75) is 31.5 Å². The Bertz CT molecular complexity index is 1190. The summed E-state index contributed by atoms with van der Waals surface area (Å²) in [4.78, 5) is 24.6. The Hall–Kier alpha value is -3.72. The molecule has 0 aliphatic carbocycles. The van der Waals surface area contributed by atoms with Crippen LogP contribution in [0.4, 0.5) is 13.2 Å². The normalized spacial score (nSPS) is 20.4. The predicted molar refractivity (Wildman–Crippen MR) is 122 cm³/mol. The van der Waals surface area contributed by atoms with Crippen molar-refractivity contribution in [3.63, 3.8) is 0 Å². The molecule has 1 aliphatic rings. The van der Waals surface area contributed by atoms with Crippen molar-refractivity contribution < 1.29 is 42.4 Å². The van der Waals surface area contributed by atoms with Gasteiger partial charge in [0.1, 0.15) is 28.9 Å². The molecule has 0 aromatic heterocycles. The third-order valence-electron chi connectivity index (χ3n) is 4.91. The predicted octanol–water partition coefficient (Wildman–Crippen LogP) is 6.39. The highest BCUT2D eigenvalue weighted by Gasteiger charge is 2.41. The number of benzene rings is 2. The Morgan fingerprint density at radius 2 is 1.74 bits per heavy atom. The minimum absolute atomic E-state index is 0.311. The fourth-order valence-corrected chi connectivity index (χ4v) is 3.46. The Labute approximate surface area is 203 Å². The maximum absolute atomic E-state index is 13.1. The monoisotopic (exact) mass is 508 g/mol. The summed E-state index contributed by atoms with van der Waals surface area (Å²) in [5.41, 5.74) is -0.245. The van der Waals surface area contributed by atoms with Crippen LogP contribution >= 0.6 is 11.6 Å². The van der Waals surface area contributed by atoms with E-state index in [1.54, 1.807) is 36.4 Å². The Morgan fingerprint density at radius 3 is 2.43 bits per heavy atom. The Balaban J connectivity index is 2.15. The van der Waals surface area contributed by atoms with Gasteiger partial charge in [0, 0.05) is 18.1 Å². The molecule has 3 rings (SSSR count). The first-order valence-electron chi connectivity index (χ1n) is 10.4. The minimum Gasteiger partial charge on any atom is -0.507 e. The maximum atomic E-state index is 13.1. The summed E-state index contributed by atoms with van der Waals surface area (Å²) in [6.45, 7) is 0. The van der Waals surface area contributed by atoms with Gasteiger partial charge in [-0.05, 0) is 30.6 Å². The van der Waals surface area contributed by atoms with Crippen molar-refractivity contribution in [3.8, 4) is 11.5 Å². The standard InChI is InChI=1S/C25H20ClF3O6/c26-22-17-13-16(34-24(33)25(27,28)29)11-7-2-1-3-8-12-20(15-9-5-4-6-10-15)35-23(32)21(17)18(30)14-19(22)31/h3-11,13-14,20,30-31H,1-2,12H2/b8-3+,11-7+,16-13-. The first kappa shape index (κ1) is 25.9. The zero-order valence-corrected chi connectivity index (χ0v) is 18.8. The molecule has 0 radical (unpaired) electrons. The summed E-state index contributed by atoms with van der Waals surface area (Å²) >= 11 is 6.13. The molecule has 0 saturated heterocycles. The van der Waals surface area contributed by atoms with Crippen molar-refractivity contribution in [3.05, 3.63) is 88.2 Å². The third-order valence-corrected chi connectivity index (χ3v) is 5.31. The van der Waals surface area contributed by atoms with Crippen LogP contribution in [0.5, 0.6) is 11.5 Å². The SMILES string of the molecule is O=C1OC(c2ccccc2)C/C=C/CC/C=C/C(OC(=O)C(F)(F)F)=C/c2c(Cl)c(O)cc(O)c21. The molecule has 0 amide bonds. The molecule has 2 aromatic rings. The topological polar surface area (TPSA) is 93.1 Å². The average molecular weight is 509 g/mol. The quantitative estimate of drug-likeness (QED) is 0.360. The minimum atomic E-state index is -5.29. The van der Waals surface area contributed by atoms with Crippen molar-refractivity contribution >= 4 is 29.6 Å². The van der Waals surface area contributed by atoms with Gasteiger partial charge in [-0.3, -0.25) is 0 Å². The molecule has 1 aliphatic heterocycles. The van der Waals surface area contributed by atoms with Crippen LogP contribution in [-0.4, -0.2) is 28.3 Å². The second-order valence-corrected chi connectivity index (χ2v) is 7.82. The van der Waals surface area contributed by atoms with E-state index in [-0.39, 0.29) is 5.56 Å². The molecular weight excluding hydrogens is 489 g/mol. The number of rotatable bonds is 2. The molecule has 35 heavy (non-hydrogen) atoms. The number of ether oxygens (including phenoxy) is 2. The van der Waals surface area contributed by atoms with E-state index in [0.29, 0.717) is 24.8 Å². The number of alkyl halides is 3. The molecular formula is C25H20ClF3O6. The van der Waals surface area contributed by atoms with Crippen LogP contribution in [0, 0.1) is 0 Å². The molecule has 2 N–H and O–H groups in total. The lowest BCUT2D eigenvalue weighted by molar-refractivity contribution is -0.194. The molecule has 1 atom stereocenters. The van der Waals surface area contributed by atoms with Gasteiger partial charge in [0.2, 0.25) is 0 Å². The van der Waals surface area contributed by atoms with E-state index in [1.807, 2.05) is 6.08 Å². The van der Waals surface area contributed by atoms with Gasteiger partial charge in [-0.25, -0.2) is 9.59 Å². The van der Waals surface area contributed by atoms with Gasteiger partial charge >= 0.3 is 18.1 Å². The van der Waals surface area contributed by atoms with Crippen LogP contribution in [0.25, 0.3) is 6.08 Å². The lowest BCUT2D eigenvalue weighted by atomic mass is 10.0. The summed E-state index contributed by atoms with van der Waals surface area (Å²) in [6, 6.07) is 9.59. The summed E-state index contributed by atoms with van der Waals surface area (Å²) in [6.07, 6.45) is 2.17. The number of carbonyl (C=O) groups is 2. The molecule has 1 heterocycles. The van der Waals surface area contributed by atoms with Crippen LogP contribution in [0.1, 0.15) is 46.9 Å². The number of allylic oxidation sites excluding steroid dienone is 3. The van der Waals surface area contributed by atoms with Crippen LogP contribution in [0.3, 0.4) is 0 Å². The fraction of sp³-hybridized carbons (Fsp3) is 0.200. The van der Waals surface area contributed by atoms with Gasteiger partial charge in [-0.15, -0.1) is 0 Å².